The molecule has 1 spiro atoms. The molecular weight excluding hydrogens is 812 g/mol. The molecule has 8 fully saturated rings. The topological polar surface area (TPSA) is 256 Å². The fourth-order valence-electron chi connectivity index (χ4n) is 14.0. The molecule has 0 bridgehead atoms. The first-order valence-corrected chi connectivity index (χ1v) is 23.4. The van der Waals surface area contributed by atoms with Gasteiger partial charge >= 0.3 is 0 Å². The van der Waals surface area contributed by atoms with Crippen LogP contribution in [-0.2, 0) is 37.9 Å². The predicted molar refractivity (Wildman–Crippen MR) is 214 cm³/mol. The molecule has 0 radical (unpaired) electrons. The molecule has 9 N–H and O–H groups in total. The molecule has 0 amide bonds. The highest BCUT2D eigenvalue weighted by molar-refractivity contribution is 5.26. The summed E-state index contributed by atoms with van der Waals surface area (Å²) in [4.78, 5) is 0. The van der Waals surface area contributed by atoms with E-state index in [2.05, 4.69) is 33.8 Å². The number of hydrogen-bond acceptors (Lipinski definition) is 17. The van der Waals surface area contributed by atoms with Crippen molar-refractivity contribution >= 4 is 0 Å². The largest absolute Gasteiger partial charge is 0.394 e. The minimum Gasteiger partial charge on any atom is -0.394 e. The zero-order chi connectivity index (χ0) is 44.2. The van der Waals surface area contributed by atoms with Crippen LogP contribution in [0.5, 0.6) is 0 Å². The SMILES string of the molecule is C[C@@H]1CC[C@]2(OC1)O[C@@H]1C[C@@H]3[C@H]4CC=C5C[C@@H](O[C@H]6O[C@@H](CO)[C@H](O)[C@@H](O[C@H]7O[C@@H](CO)[C@H](O)[C@@H](O)[C@@H]7O)[C@@H]6O[C@H]6O[C@@H](C)[C@H](O)[C@@H](O)[C@@H]6O)CC[C@]5(C)[C@@H]4CC[C@@]3(C)[C@@H]1[C@H]2C. The van der Waals surface area contributed by atoms with Crippen LogP contribution in [0, 0.1) is 46.3 Å². The number of aliphatic hydroxyl groups excluding tert-OH is 9. The Morgan fingerprint density at radius 3 is 2.03 bits per heavy atom. The molecule has 0 aromatic heterocycles. The molecule has 0 aromatic rings. The Morgan fingerprint density at radius 2 is 1.34 bits per heavy atom. The number of fused-ring (bicyclic) bond motifs is 7. The summed E-state index contributed by atoms with van der Waals surface area (Å²) in [5.74, 6) is 2.52. The van der Waals surface area contributed by atoms with Crippen LogP contribution in [-0.4, -0.2) is 176 Å². The number of rotatable bonds is 8. The Labute approximate surface area is 363 Å². The lowest BCUT2D eigenvalue weighted by Gasteiger charge is -2.59. The first kappa shape index (κ1) is 46.2. The van der Waals surface area contributed by atoms with Crippen LogP contribution in [0.15, 0.2) is 11.6 Å². The zero-order valence-electron chi connectivity index (χ0n) is 36.6. The van der Waals surface area contributed by atoms with Crippen LogP contribution in [0.25, 0.3) is 0 Å². The average Bonchev–Trinajstić information content (AvgIpc) is 3.70. The summed E-state index contributed by atoms with van der Waals surface area (Å²) in [6.45, 7) is 10.4. The molecule has 3 saturated carbocycles. The third-order valence-electron chi connectivity index (χ3n) is 17.7. The normalized spacial score (nSPS) is 57.6. The van der Waals surface area contributed by atoms with Gasteiger partial charge < -0.3 is 83.9 Å². The molecule has 4 aliphatic carbocycles. The first-order valence-electron chi connectivity index (χ1n) is 23.4. The van der Waals surface area contributed by atoms with Crippen molar-refractivity contribution in [1.82, 2.24) is 0 Å². The quantitative estimate of drug-likeness (QED) is 0.148. The highest BCUT2D eigenvalue weighted by Gasteiger charge is 2.69. The molecule has 9 aliphatic rings. The summed E-state index contributed by atoms with van der Waals surface area (Å²) in [6.07, 6.45) is -12.4. The van der Waals surface area contributed by atoms with E-state index >= 15 is 0 Å². The third-order valence-corrected chi connectivity index (χ3v) is 17.7. The van der Waals surface area contributed by atoms with Crippen molar-refractivity contribution in [3.8, 4) is 0 Å². The van der Waals surface area contributed by atoms with Crippen LogP contribution in [0.1, 0.15) is 92.4 Å². The van der Waals surface area contributed by atoms with Crippen molar-refractivity contribution in [3.63, 3.8) is 0 Å². The average molecular weight is 885 g/mol. The molecule has 0 unspecified atom stereocenters. The summed E-state index contributed by atoms with van der Waals surface area (Å²) in [5, 5.41) is 95.8. The van der Waals surface area contributed by atoms with Gasteiger partial charge in [-0.05, 0) is 98.7 Å². The van der Waals surface area contributed by atoms with E-state index < -0.39 is 117 Å². The molecule has 17 nitrogen and oxygen atoms in total. The van der Waals surface area contributed by atoms with E-state index in [9.17, 15) is 46.0 Å². The van der Waals surface area contributed by atoms with Gasteiger partial charge in [-0.3, -0.25) is 0 Å². The fourth-order valence-corrected chi connectivity index (χ4v) is 14.0. The fraction of sp³-hybridized carbons (Fsp3) is 0.956. The highest BCUT2D eigenvalue weighted by atomic mass is 16.8. The Hall–Kier alpha value is -0.940. The van der Waals surface area contributed by atoms with Crippen molar-refractivity contribution in [2.45, 2.75) is 203 Å². The lowest BCUT2D eigenvalue weighted by Crippen LogP contribution is -2.67. The molecular formula is C45H72O17. The Bertz CT molecular complexity index is 1610. The monoisotopic (exact) mass is 884 g/mol. The minimum absolute atomic E-state index is 0.0484. The summed E-state index contributed by atoms with van der Waals surface area (Å²) in [5.41, 5.74) is 1.45. The standard InChI is InChI=1S/C45H72O17/c1-19-8-13-45(55-18-19)20(2)30-27(62-45)15-26-24-7-6-22-14-23(9-11-43(22,4)25(24)10-12-44(26,30)5)57-42-39(61-40-36(53)34(51)31(48)21(3)56-40)38(33(50)29(17-47)59-42)60-41-37(54)35(52)32(49)28(16-46)58-41/h6,19-21,23-42,46-54H,7-18H2,1-5H3/t19-,20-,21+,23+,24+,25-,26-,27-,28+,29+,30-,31+,32+,33+,34-,35-,36+,37+,38-,39+,40-,41-,42+,43+,44-,45+/m1/s1. The summed E-state index contributed by atoms with van der Waals surface area (Å²) in [6, 6.07) is 0. The van der Waals surface area contributed by atoms with Crippen molar-refractivity contribution in [2.75, 3.05) is 19.8 Å². The summed E-state index contributed by atoms with van der Waals surface area (Å²) < 4.78 is 50.3. The van der Waals surface area contributed by atoms with Crippen molar-refractivity contribution in [1.29, 1.82) is 0 Å². The van der Waals surface area contributed by atoms with E-state index in [0.29, 0.717) is 48.3 Å². The van der Waals surface area contributed by atoms with E-state index in [1.165, 1.54) is 12.5 Å². The van der Waals surface area contributed by atoms with Gasteiger partial charge in [0, 0.05) is 12.3 Å². The van der Waals surface area contributed by atoms with Gasteiger partial charge in [-0.2, -0.15) is 0 Å². The van der Waals surface area contributed by atoms with Crippen LogP contribution in [0.3, 0.4) is 0 Å². The number of hydrogen-bond donors (Lipinski definition) is 9. The molecule has 5 heterocycles. The minimum atomic E-state index is -1.84. The maximum absolute atomic E-state index is 11.6. The molecule has 17 heteroatoms. The van der Waals surface area contributed by atoms with Gasteiger partial charge in [0.1, 0.15) is 67.1 Å². The van der Waals surface area contributed by atoms with Gasteiger partial charge in [-0.15, -0.1) is 0 Å². The maximum atomic E-state index is 11.6. The molecule has 354 valence electrons. The zero-order valence-corrected chi connectivity index (χ0v) is 36.6. The van der Waals surface area contributed by atoms with Crippen LogP contribution in [0.4, 0.5) is 0 Å². The van der Waals surface area contributed by atoms with E-state index in [1.807, 2.05) is 0 Å². The van der Waals surface area contributed by atoms with Gasteiger partial charge in [0.2, 0.25) is 0 Å². The Kier molecular flexibility index (Phi) is 12.9. The lowest BCUT2D eigenvalue weighted by atomic mass is 9.47. The number of aliphatic hydroxyl groups is 9. The van der Waals surface area contributed by atoms with Crippen LogP contribution >= 0.6 is 0 Å². The second-order valence-electron chi connectivity index (χ2n) is 21.1. The van der Waals surface area contributed by atoms with Gasteiger partial charge in [0.05, 0.1) is 38.1 Å². The highest BCUT2D eigenvalue weighted by Crippen LogP contribution is 2.70. The number of allylic oxidation sites excluding steroid dienone is 1. The Balaban J connectivity index is 0.940. The molecule has 5 aliphatic heterocycles. The maximum Gasteiger partial charge on any atom is 0.187 e. The lowest BCUT2D eigenvalue weighted by molar-refractivity contribution is -0.394. The third kappa shape index (κ3) is 7.49. The summed E-state index contributed by atoms with van der Waals surface area (Å²) in [7, 11) is 0. The molecule has 0 aromatic carbocycles. The van der Waals surface area contributed by atoms with Gasteiger partial charge in [-0.1, -0.05) is 39.3 Å². The molecule has 9 rings (SSSR count). The van der Waals surface area contributed by atoms with E-state index in [0.717, 1.165) is 51.6 Å². The van der Waals surface area contributed by atoms with Crippen LogP contribution in [0.2, 0.25) is 0 Å². The number of ether oxygens (including phenoxy) is 8. The molecule has 26 atom stereocenters. The molecule has 62 heavy (non-hydrogen) atoms. The Morgan fingerprint density at radius 1 is 0.677 bits per heavy atom. The van der Waals surface area contributed by atoms with Crippen molar-refractivity contribution < 1.29 is 83.9 Å². The van der Waals surface area contributed by atoms with Gasteiger partial charge in [0.25, 0.3) is 0 Å². The van der Waals surface area contributed by atoms with E-state index in [4.69, 9.17) is 37.9 Å². The summed E-state index contributed by atoms with van der Waals surface area (Å²) >= 11 is 0. The van der Waals surface area contributed by atoms with E-state index in [-0.39, 0.29) is 16.9 Å². The second-order valence-corrected chi connectivity index (χ2v) is 21.1. The predicted octanol–water partition coefficient (Wildman–Crippen LogP) is 0.214. The smallest absolute Gasteiger partial charge is 0.187 e. The molecule has 5 saturated heterocycles. The second kappa shape index (κ2) is 17.3. The van der Waals surface area contributed by atoms with Crippen molar-refractivity contribution in [2.24, 2.45) is 46.3 Å². The van der Waals surface area contributed by atoms with E-state index in [1.54, 1.807) is 0 Å². The first-order chi connectivity index (χ1) is 29.4. The van der Waals surface area contributed by atoms with Crippen molar-refractivity contribution in [3.05, 3.63) is 11.6 Å². The van der Waals surface area contributed by atoms with Crippen LogP contribution < -0.4 is 0 Å². The van der Waals surface area contributed by atoms with Gasteiger partial charge in [-0.25, -0.2) is 0 Å². The van der Waals surface area contributed by atoms with Gasteiger partial charge in [0.15, 0.2) is 24.7 Å².